The standard InChI is InChI=1S/C22H26O5/c1-5-6-14-25-20(23)18-13-12-16(22(2,3)4)15-19(18)27-21(24)26-17-10-8-7-9-11-17/h7-13,15H,5-6,14H2,1-4H3. The minimum Gasteiger partial charge on any atom is -0.462 e. The Morgan fingerprint density at radius 2 is 1.67 bits per heavy atom. The summed E-state index contributed by atoms with van der Waals surface area (Å²) < 4.78 is 15.8. The van der Waals surface area contributed by atoms with Gasteiger partial charge in [-0.2, -0.15) is 0 Å². The minimum absolute atomic E-state index is 0.129. The van der Waals surface area contributed by atoms with Gasteiger partial charge in [0.1, 0.15) is 17.1 Å². The van der Waals surface area contributed by atoms with Crippen molar-refractivity contribution in [3.05, 3.63) is 59.7 Å². The average Bonchev–Trinajstić information content (AvgIpc) is 2.61. The van der Waals surface area contributed by atoms with Crippen LogP contribution in [0.5, 0.6) is 11.5 Å². The number of esters is 1. The van der Waals surface area contributed by atoms with Crippen molar-refractivity contribution in [3.8, 4) is 11.5 Å². The summed E-state index contributed by atoms with van der Waals surface area (Å²) in [6.45, 7) is 8.44. The number of carbonyl (C=O) groups is 2. The molecular formula is C22H26O5. The van der Waals surface area contributed by atoms with Gasteiger partial charge in [0.05, 0.1) is 6.61 Å². The van der Waals surface area contributed by atoms with Gasteiger partial charge >= 0.3 is 12.1 Å². The lowest BCUT2D eigenvalue weighted by atomic mass is 9.86. The number of unbranched alkanes of at least 4 members (excludes halogenated alkanes) is 1. The second-order valence-electron chi connectivity index (χ2n) is 7.22. The monoisotopic (exact) mass is 370 g/mol. The highest BCUT2D eigenvalue weighted by molar-refractivity contribution is 5.93. The van der Waals surface area contributed by atoms with Crippen LogP contribution in [0.15, 0.2) is 48.5 Å². The van der Waals surface area contributed by atoms with Crippen molar-refractivity contribution >= 4 is 12.1 Å². The van der Waals surface area contributed by atoms with Crippen molar-refractivity contribution in [3.63, 3.8) is 0 Å². The van der Waals surface area contributed by atoms with E-state index in [2.05, 4.69) is 0 Å². The molecule has 0 N–H and O–H groups in total. The van der Waals surface area contributed by atoms with Crippen molar-refractivity contribution in [1.82, 2.24) is 0 Å². The van der Waals surface area contributed by atoms with Gasteiger partial charge in [0, 0.05) is 0 Å². The molecule has 2 aromatic rings. The summed E-state index contributed by atoms with van der Waals surface area (Å²) in [5, 5.41) is 0. The van der Waals surface area contributed by atoms with Crippen LogP contribution in [0.4, 0.5) is 4.79 Å². The number of carbonyl (C=O) groups excluding carboxylic acids is 2. The molecule has 0 saturated heterocycles. The first-order valence-corrected chi connectivity index (χ1v) is 9.07. The number of hydrogen-bond donors (Lipinski definition) is 0. The van der Waals surface area contributed by atoms with Gasteiger partial charge < -0.3 is 14.2 Å². The van der Waals surface area contributed by atoms with E-state index in [-0.39, 0.29) is 16.7 Å². The fourth-order valence-electron chi connectivity index (χ4n) is 2.32. The molecule has 0 radical (unpaired) electrons. The van der Waals surface area contributed by atoms with Gasteiger partial charge in [-0.3, -0.25) is 0 Å². The Morgan fingerprint density at radius 3 is 2.30 bits per heavy atom. The molecule has 144 valence electrons. The molecule has 0 unspecified atom stereocenters. The zero-order valence-corrected chi connectivity index (χ0v) is 16.3. The molecule has 0 amide bonds. The summed E-state index contributed by atoms with van der Waals surface area (Å²) in [5.74, 6) is -0.0298. The van der Waals surface area contributed by atoms with Crippen molar-refractivity contribution in [2.24, 2.45) is 0 Å². The van der Waals surface area contributed by atoms with Crippen LogP contribution in [0.1, 0.15) is 56.5 Å². The Bertz CT molecular complexity index is 775. The van der Waals surface area contributed by atoms with Crippen LogP contribution in [0.25, 0.3) is 0 Å². The highest BCUT2D eigenvalue weighted by atomic mass is 16.7. The summed E-state index contributed by atoms with van der Waals surface area (Å²) in [6.07, 6.45) is 0.788. The summed E-state index contributed by atoms with van der Waals surface area (Å²) in [7, 11) is 0. The van der Waals surface area contributed by atoms with Gasteiger partial charge in [0.2, 0.25) is 0 Å². The first-order chi connectivity index (χ1) is 12.8. The van der Waals surface area contributed by atoms with Crippen molar-refractivity contribution in [2.45, 2.75) is 46.0 Å². The van der Waals surface area contributed by atoms with Crippen LogP contribution in [0.2, 0.25) is 0 Å². The Morgan fingerprint density at radius 1 is 0.963 bits per heavy atom. The van der Waals surface area contributed by atoms with E-state index < -0.39 is 12.1 Å². The fraction of sp³-hybridized carbons (Fsp3) is 0.364. The van der Waals surface area contributed by atoms with Crippen molar-refractivity contribution in [1.29, 1.82) is 0 Å². The average molecular weight is 370 g/mol. The first kappa shape index (κ1) is 20.5. The van der Waals surface area contributed by atoms with Crippen LogP contribution in [-0.4, -0.2) is 18.7 Å². The van der Waals surface area contributed by atoms with Crippen LogP contribution >= 0.6 is 0 Å². The maximum atomic E-state index is 12.4. The molecule has 0 aliphatic heterocycles. The predicted octanol–water partition coefficient (Wildman–Crippen LogP) is 5.52. The van der Waals surface area contributed by atoms with E-state index in [0.29, 0.717) is 12.4 Å². The molecule has 5 heteroatoms. The molecule has 0 spiro atoms. The second kappa shape index (κ2) is 9.21. The third kappa shape index (κ3) is 6.13. The lowest BCUT2D eigenvalue weighted by Gasteiger charge is -2.20. The molecule has 0 heterocycles. The third-order valence-electron chi connectivity index (χ3n) is 3.94. The SMILES string of the molecule is CCCCOC(=O)c1ccc(C(C)(C)C)cc1OC(=O)Oc1ccccc1. The lowest BCUT2D eigenvalue weighted by Crippen LogP contribution is -2.18. The fourth-order valence-corrected chi connectivity index (χ4v) is 2.32. The van der Waals surface area contributed by atoms with Crippen molar-refractivity contribution in [2.75, 3.05) is 6.61 Å². The number of hydrogen-bond acceptors (Lipinski definition) is 5. The summed E-state index contributed by atoms with van der Waals surface area (Å²) in [6, 6.07) is 13.8. The molecule has 5 nitrogen and oxygen atoms in total. The van der Waals surface area contributed by atoms with Gasteiger partial charge in [-0.15, -0.1) is 0 Å². The topological polar surface area (TPSA) is 61.8 Å². The first-order valence-electron chi connectivity index (χ1n) is 9.07. The lowest BCUT2D eigenvalue weighted by molar-refractivity contribution is 0.0496. The molecule has 27 heavy (non-hydrogen) atoms. The Balaban J connectivity index is 2.23. The van der Waals surface area contributed by atoms with E-state index in [1.54, 1.807) is 36.4 Å². The van der Waals surface area contributed by atoms with Gasteiger partial charge in [0.15, 0.2) is 0 Å². The van der Waals surface area contributed by atoms with Crippen LogP contribution < -0.4 is 9.47 Å². The largest absolute Gasteiger partial charge is 0.519 e. The Kier molecular flexibility index (Phi) is 6.99. The van der Waals surface area contributed by atoms with Crippen LogP contribution in [0, 0.1) is 0 Å². The van der Waals surface area contributed by atoms with E-state index in [4.69, 9.17) is 14.2 Å². The van der Waals surface area contributed by atoms with E-state index in [1.165, 1.54) is 0 Å². The smallest absolute Gasteiger partial charge is 0.462 e. The zero-order valence-electron chi connectivity index (χ0n) is 16.3. The number of rotatable bonds is 6. The quantitative estimate of drug-likeness (QED) is 0.381. The summed E-state index contributed by atoms with van der Waals surface area (Å²) in [5.41, 5.74) is 0.950. The zero-order chi connectivity index (χ0) is 19.9. The van der Waals surface area contributed by atoms with E-state index in [1.807, 2.05) is 39.8 Å². The van der Waals surface area contributed by atoms with Crippen molar-refractivity contribution < 1.29 is 23.8 Å². The number of ether oxygens (including phenoxy) is 3. The number of para-hydroxylation sites is 1. The van der Waals surface area contributed by atoms with E-state index in [0.717, 1.165) is 18.4 Å². The molecule has 0 bridgehead atoms. The van der Waals surface area contributed by atoms with Crippen LogP contribution in [-0.2, 0) is 10.2 Å². The molecule has 0 fully saturated rings. The van der Waals surface area contributed by atoms with Gasteiger partial charge in [-0.1, -0.05) is 58.4 Å². The maximum absolute atomic E-state index is 12.4. The van der Waals surface area contributed by atoms with Crippen LogP contribution in [0.3, 0.4) is 0 Å². The van der Waals surface area contributed by atoms with Gasteiger partial charge in [-0.25, -0.2) is 9.59 Å². The molecule has 0 saturated carbocycles. The normalized spacial score (nSPS) is 11.0. The highest BCUT2D eigenvalue weighted by Crippen LogP contribution is 2.29. The maximum Gasteiger partial charge on any atom is 0.519 e. The molecule has 2 aromatic carbocycles. The summed E-state index contributed by atoms with van der Waals surface area (Å²) >= 11 is 0. The molecule has 0 aliphatic rings. The summed E-state index contributed by atoms with van der Waals surface area (Å²) in [4.78, 5) is 24.6. The molecular weight excluding hydrogens is 344 g/mol. The predicted molar refractivity (Wildman–Crippen MR) is 103 cm³/mol. The highest BCUT2D eigenvalue weighted by Gasteiger charge is 2.22. The second-order valence-corrected chi connectivity index (χ2v) is 7.22. The molecule has 0 aliphatic carbocycles. The number of benzene rings is 2. The minimum atomic E-state index is -0.908. The molecule has 0 aromatic heterocycles. The third-order valence-corrected chi connectivity index (χ3v) is 3.94. The van der Waals surface area contributed by atoms with E-state index >= 15 is 0 Å². The molecule has 0 atom stereocenters. The Labute approximate surface area is 160 Å². The van der Waals surface area contributed by atoms with Gasteiger partial charge in [-0.05, 0) is 41.7 Å². The molecule has 2 rings (SSSR count). The van der Waals surface area contributed by atoms with Gasteiger partial charge in [0.25, 0.3) is 0 Å². The Hall–Kier alpha value is -2.82. The van der Waals surface area contributed by atoms with E-state index in [9.17, 15) is 9.59 Å².